The monoisotopic (exact) mass is 1670 g/mol. The molecule has 0 aliphatic rings. The molecule has 0 aliphatic carbocycles. The van der Waals surface area contributed by atoms with E-state index in [1.165, 1.54) is 126 Å². The average molecular weight is 1670 g/mol. The molecule has 610 valence electrons. The van der Waals surface area contributed by atoms with Crippen LogP contribution in [0.1, 0.15) is 0 Å². The van der Waals surface area contributed by atoms with Crippen molar-refractivity contribution in [3.8, 4) is 95.6 Å². The van der Waals surface area contributed by atoms with E-state index >= 15 is 0 Å². The van der Waals surface area contributed by atoms with Crippen molar-refractivity contribution < 1.29 is 0 Å². The molecule has 0 saturated heterocycles. The van der Waals surface area contributed by atoms with Crippen LogP contribution in [0.3, 0.4) is 0 Å². The van der Waals surface area contributed by atoms with Gasteiger partial charge in [0.2, 0.25) is 0 Å². The van der Waals surface area contributed by atoms with Crippen LogP contribution < -0.4 is 0 Å². The van der Waals surface area contributed by atoms with Gasteiger partial charge in [0.15, 0.2) is 0 Å². The second kappa shape index (κ2) is 31.7. The van der Waals surface area contributed by atoms with E-state index in [9.17, 15) is 0 Å². The number of aromatic nitrogens is 12. The van der Waals surface area contributed by atoms with E-state index in [2.05, 4.69) is 344 Å². The molecule has 0 unspecified atom stereocenters. The lowest BCUT2D eigenvalue weighted by Gasteiger charge is -2.18. The SMILES string of the molecule is c1ccc(-c2c3ccccc3c(-c3ccc(-c4ccc5c(c4)c4cccnc4n5-c4ccccn4)cc3)c3ccccc23)cc1.c1ccc(-c2c3ccccc3c(-c3ccc4c(c3)c3cccnc3n4-c3ccccn3)c3ccccc23)nc1.c1ccc(-n2c3ccc(-c4c5ccccc5c(-c5ccc6ccc7cccnc7c6n5)c5ccccc45)cc3c3cccnc32)nc1. The van der Waals surface area contributed by atoms with E-state index in [-0.39, 0.29) is 0 Å². The van der Waals surface area contributed by atoms with E-state index in [1.807, 2.05) is 135 Å². The van der Waals surface area contributed by atoms with Gasteiger partial charge in [-0.25, -0.2) is 34.9 Å². The van der Waals surface area contributed by atoms with Crippen LogP contribution >= 0.6 is 0 Å². The molecule has 0 saturated carbocycles. The number of pyridine rings is 9. The molecule has 15 aromatic carbocycles. The van der Waals surface area contributed by atoms with E-state index < -0.39 is 0 Å². The highest BCUT2D eigenvalue weighted by atomic mass is 15.1. The average Bonchev–Trinajstić information content (AvgIpc) is 1.70. The Balaban J connectivity index is 0.000000106. The minimum absolute atomic E-state index is 0.852. The Morgan fingerprint density at radius 1 is 0.153 bits per heavy atom. The van der Waals surface area contributed by atoms with Crippen LogP contribution in [-0.4, -0.2) is 58.6 Å². The molecule has 0 amide bonds. The third-order valence-corrected chi connectivity index (χ3v) is 25.8. The standard InChI is InChI=1S/C42H25N5.C42H27N3.C35H22N4/c1-3-12-31-29(10-1)38(28-19-21-36-34(25-28)33-14-8-24-45-42(33)47(36)37-15-5-6-22-43-37)30-11-2-4-13-32(30)39(31)35-20-18-27-17-16-26-9-7-23-44-40(26)41(27)46-35;1-2-11-29(12-3-1)40-32-13-4-6-15-34(32)41(35-16-7-5-14-33(35)40)30-21-19-28(20-22-30)31-23-24-38-37(27-31)36-17-10-26-44-42(36)45(38)39-18-8-9-25-43-39;1-3-12-26-24(10-1)33(25-11-2-4-13-27(25)34(26)30-15-5-7-19-36-30)23-17-18-31-29(22-23)28-14-9-21-38-35(28)39(31)32-16-6-8-20-37-32/h1-25H;1-27H;1-22H. The highest BCUT2D eigenvalue weighted by molar-refractivity contribution is 6.26. The first-order valence-electron chi connectivity index (χ1n) is 44.0. The number of hydrogen-bond acceptors (Lipinski definition) is 9. The summed E-state index contributed by atoms with van der Waals surface area (Å²) < 4.78 is 6.44. The Morgan fingerprint density at radius 2 is 0.443 bits per heavy atom. The van der Waals surface area contributed by atoms with Gasteiger partial charge in [0.25, 0.3) is 0 Å². The predicted molar refractivity (Wildman–Crippen MR) is 541 cm³/mol. The molecule has 0 radical (unpaired) electrons. The Kier molecular flexibility index (Phi) is 18.3. The zero-order valence-corrected chi connectivity index (χ0v) is 70.6. The minimum atomic E-state index is 0.852. The summed E-state index contributed by atoms with van der Waals surface area (Å²) in [6, 6.07) is 142. The summed E-state index contributed by atoms with van der Waals surface area (Å²) in [4.78, 5) is 43.0. The molecule has 0 bridgehead atoms. The van der Waals surface area contributed by atoms with Crippen LogP contribution in [0, 0.1) is 0 Å². The summed E-state index contributed by atoms with van der Waals surface area (Å²) in [5.41, 5.74) is 24.2. The van der Waals surface area contributed by atoms with Crippen molar-refractivity contribution in [3.63, 3.8) is 0 Å². The molecular formula is C119H74N12. The van der Waals surface area contributed by atoms with Crippen LogP contribution in [0.5, 0.6) is 0 Å². The fourth-order valence-corrected chi connectivity index (χ4v) is 20.2. The lowest BCUT2D eigenvalue weighted by Crippen LogP contribution is -1.97. The van der Waals surface area contributed by atoms with E-state index in [0.29, 0.717) is 0 Å². The first kappa shape index (κ1) is 75.6. The van der Waals surface area contributed by atoms with Crippen molar-refractivity contribution in [2.45, 2.75) is 0 Å². The van der Waals surface area contributed by atoms with Gasteiger partial charge in [-0.2, -0.15) is 0 Å². The van der Waals surface area contributed by atoms with Gasteiger partial charge in [-0.05, 0) is 254 Å². The van der Waals surface area contributed by atoms with Gasteiger partial charge >= 0.3 is 0 Å². The third-order valence-electron chi connectivity index (χ3n) is 25.8. The Bertz CT molecular complexity index is 9050. The van der Waals surface area contributed by atoms with Crippen molar-refractivity contribution in [1.82, 2.24) is 58.6 Å². The van der Waals surface area contributed by atoms with Crippen LogP contribution in [0.4, 0.5) is 0 Å². The van der Waals surface area contributed by atoms with Crippen LogP contribution in [-0.2, 0) is 0 Å². The van der Waals surface area contributed by atoms with Gasteiger partial charge in [-0.15, -0.1) is 0 Å². The fourth-order valence-electron chi connectivity index (χ4n) is 20.2. The molecule has 12 nitrogen and oxygen atoms in total. The van der Waals surface area contributed by atoms with Crippen molar-refractivity contribution in [1.29, 1.82) is 0 Å². The van der Waals surface area contributed by atoms with Crippen molar-refractivity contribution in [3.05, 3.63) is 450 Å². The highest BCUT2D eigenvalue weighted by Crippen LogP contribution is 2.50. The lowest BCUT2D eigenvalue weighted by atomic mass is 9.86. The number of hydrogen-bond donors (Lipinski definition) is 0. The molecule has 12 heteroatoms. The van der Waals surface area contributed by atoms with Gasteiger partial charge in [0.05, 0.1) is 39.0 Å². The predicted octanol–water partition coefficient (Wildman–Crippen LogP) is 29.8. The Hall–Kier alpha value is -17.9. The number of benzene rings is 15. The highest BCUT2D eigenvalue weighted by Gasteiger charge is 2.26. The smallest absolute Gasteiger partial charge is 0.146 e. The number of nitrogens with zero attached hydrogens (tertiary/aromatic N) is 12. The molecule has 0 spiro atoms. The molecule has 12 aromatic heterocycles. The van der Waals surface area contributed by atoms with Gasteiger partial charge in [-0.1, -0.05) is 267 Å². The first-order chi connectivity index (χ1) is 65.1. The molecule has 131 heavy (non-hydrogen) atoms. The second-order valence-corrected chi connectivity index (χ2v) is 33.0. The maximum absolute atomic E-state index is 5.30. The number of rotatable bonds is 10. The molecule has 27 aromatic rings. The molecule has 27 rings (SSSR count). The molecule has 0 fully saturated rings. The van der Waals surface area contributed by atoms with Gasteiger partial charge in [-0.3, -0.25) is 23.7 Å². The summed E-state index contributed by atoms with van der Waals surface area (Å²) in [7, 11) is 0. The van der Waals surface area contributed by atoms with E-state index in [0.717, 1.165) is 122 Å². The van der Waals surface area contributed by atoms with Crippen LogP contribution in [0.25, 0.3) is 248 Å². The largest absolute Gasteiger partial charge is 0.278 e. The summed E-state index contributed by atoms with van der Waals surface area (Å²) in [6.45, 7) is 0. The fraction of sp³-hybridized carbons (Fsp3) is 0. The van der Waals surface area contributed by atoms with Crippen molar-refractivity contribution >= 4 is 152 Å². The lowest BCUT2D eigenvalue weighted by molar-refractivity contribution is 1.06. The third kappa shape index (κ3) is 12.7. The maximum Gasteiger partial charge on any atom is 0.146 e. The quantitative estimate of drug-likeness (QED) is 0.0970. The van der Waals surface area contributed by atoms with E-state index in [4.69, 9.17) is 29.9 Å². The molecule has 12 heterocycles. The minimum Gasteiger partial charge on any atom is -0.278 e. The molecule has 0 aliphatic heterocycles. The number of fused-ring (bicyclic) bond motifs is 18. The normalized spacial score (nSPS) is 11.7. The van der Waals surface area contributed by atoms with Gasteiger partial charge < -0.3 is 0 Å². The zero-order chi connectivity index (χ0) is 86.4. The van der Waals surface area contributed by atoms with Gasteiger partial charge in [0.1, 0.15) is 34.4 Å². The first-order valence-corrected chi connectivity index (χ1v) is 44.0. The van der Waals surface area contributed by atoms with Gasteiger partial charge in [0, 0.05) is 104 Å². The molecular weight excluding hydrogens is 1600 g/mol. The summed E-state index contributed by atoms with van der Waals surface area (Å²) >= 11 is 0. The molecule has 0 atom stereocenters. The van der Waals surface area contributed by atoms with Crippen LogP contribution in [0.15, 0.2) is 450 Å². The van der Waals surface area contributed by atoms with Crippen molar-refractivity contribution in [2.24, 2.45) is 0 Å². The topological polar surface area (TPSA) is 131 Å². The van der Waals surface area contributed by atoms with Crippen LogP contribution in [0.2, 0.25) is 0 Å². The summed E-state index contributed by atoms with van der Waals surface area (Å²) in [5.74, 6) is 2.58. The zero-order valence-electron chi connectivity index (χ0n) is 70.6. The Morgan fingerprint density at radius 3 is 0.840 bits per heavy atom. The molecule has 0 N–H and O–H groups in total. The van der Waals surface area contributed by atoms with E-state index in [1.54, 1.807) is 0 Å². The summed E-state index contributed by atoms with van der Waals surface area (Å²) in [6.07, 6.45) is 14.7. The summed E-state index contributed by atoms with van der Waals surface area (Å²) in [5, 5.41) is 23.5. The maximum atomic E-state index is 5.30. The van der Waals surface area contributed by atoms with Crippen molar-refractivity contribution in [2.75, 3.05) is 0 Å². The Labute approximate surface area is 751 Å². The second-order valence-electron chi connectivity index (χ2n) is 33.0.